The monoisotopic (exact) mass is 563 g/mol. The zero-order chi connectivity index (χ0) is 25.2. The molecule has 3 aromatic carbocycles. The number of fused-ring (bicyclic) bond motifs is 1. The van der Waals surface area contributed by atoms with E-state index in [1.807, 2.05) is 41.1 Å². The van der Waals surface area contributed by atoms with Crippen LogP contribution in [0, 0.1) is 5.82 Å². The SMILES string of the molecule is O=C(CN1C(=O)S/C(=C\c2cn(Cc3ccc(F)cc3)c3ccccc23)C1=O)Nc1ccccc1Br. The summed E-state index contributed by atoms with van der Waals surface area (Å²) in [5.41, 5.74) is 3.20. The first-order valence-corrected chi connectivity index (χ1v) is 12.6. The van der Waals surface area contributed by atoms with Gasteiger partial charge in [-0.2, -0.15) is 0 Å². The number of nitrogens with zero attached hydrogens (tertiary/aromatic N) is 2. The van der Waals surface area contributed by atoms with Crippen LogP contribution in [-0.2, 0) is 16.1 Å². The fourth-order valence-corrected chi connectivity index (χ4v) is 5.19. The summed E-state index contributed by atoms with van der Waals surface area (Å²) in [5.74, 6) is -1.28. The molecule has 1 fully saturated rings. The summed E-state index contributed by atoms with van der Waals surface area (Å²) >= 11 is 4.17. The van der Waals surface area contributed by atoms with E-state index in [2.05, 4.69) is 21.2 Å². The van der Waals surface area contributed by atoms with Crippen molar-refractivity contribution in [3.8, 4) is 0 Å². The van der Waals surface area contributed by atoms with Crippen molar-refractivity contribution in [1.29, 1.82) is 0 Å². The number of hydrogen-bond acceptors (Lipinski definition) is 4. The Balaban J connectivity index is 1.38. The van der Waals surface area contributed by atoms with E-state index in [0.29, 0.717) is 16.7 Å². The lowest BCUT2D eigenvalue weighted by Gasteiger charge is -2.13. The number of anilines is 1. The third-order valence-electron chi connectivity index (χ3n) is 5.70. The highest BCUT2D eigenvalue weighted by Gasteiger charge is 2.36. The number of thioether (sulfide) groups is 1. The normalized spacial score (nSPS) is 14.7. The summed E-state index contributed by atoms with van der Waals surface area (Å²) in [6.07, 6.45) is 3.59. The van der Waals surface area contributed by atoms with Gasteiger partial charge in [-0.05, 0) is 69.7 Å². The Bertz CT molecular complexity index is 1530. The van der Waals surface area contributed by atoms with Crippen LogP contribution in [0.3, 0.4) is 0 Å². The van der Waals surface area contributed by atoms with Gasteiger partial charge < -0.3 is 9.88 Å². The van der Waals surface area contributed by atoms with Crippen LogP contribution in [0.2, 0.25) is 0 Å². The Labute approximate surface area is 218 Å². The van der Waals surface area contributed by atoms with Gasteiger partial charge in [-0.15, -0.1) is 0 Å². The molecule has 9 heteroatoms. The van der Waals surface area contributed by atoms with E-state index in [1.54, 1.807) is 36.4 Å². The van der Waals surface area contributed by atoms with Crippen LogP contribution in [0.4, 0.5) is 14.9 Å². The molecule has 0 radical (unpaired) electrons. The molecule has 180 valence electrons. The van der Waals surface area contributed by atoms with Crippen molar-refractivity contribution in [3.63, 3.8) is 0 Å². The molecule has 2 heterocycles. The van der Waals surface area contributed by atoms with E-state index in [-0.39, 0.29) is 17.3 Å². The van der Waals surface area contributed by atoms with Crippen LogP contribution in [0.25, 0.3) is 17.0 Å². The predicted molar refractivity (Wildman–Crippen MR) is 143 cm³/mol. The maximum atomic E-state index is 13.3. The van der Waals surface area contributed by atoms with Gasteiger partial charge in [0.05, 0.1) is 10.6 Å². The number of amides is 3. The fraction of sp³-hybridized carbons (Fsp3) is 0.0741. The summed E-state index contributed by atoms with van der Waals surface area (Å²) in [5, 5.41) is 3.13. The second kappa shape index (κ2) is 10.1. The largest absolute Gasteiger partial charge is 0.342 e. The number of hydrogen-bond donors (Lipinski definition) is 1. The van der Waals surface area contributed by atoms with Crippen molar-refractivity contribution in [3.05, 3.63) is 105 Å². The quantitative estimate of drug-likeness (QED) is 0.281. The Morgan fingerprint density at radius 3 is 2.50 bits per heavy atom. The molecule has 0 saturated carbocycles. The topological polar surface area (TPSA) is 71.4 Å². The highest BCUT2D eigenvalue weighted by atomic mass is 79.9. The molecule has 3 amide bonds. The molecule has 1 aliphatic heterocycles. The van der Waals surface area contributed by atoms with Crippen molar-refractivity contribution in [2.24, 2.45) is 0 Å². The number of nitrogens with one attached hydrogen (secondary N) is 1. The van der Waals surface area contributed by atoms with E-state index in [9.17, 15) is 18.8 Å². The molecule has 0 bridgehead atoms. The number of benzene rings is 3. The average Bonchev–Trinajstić information content (AvgIpc) is 3.34. The minimum Gasteiger partial charge on any atom is -0.342 e. The highest BCUT2D eigenvalue weighted by Crippen LogP contribution is 2.34. The molecule has 0 spiro atoms. The van der Waals surface area contributed by atoms with Crippen molar-refractivity contribution < 1.29 is 18.8 Å². The summed E-state index contributed by atoms with van der Waals surface area (Å²) in [7, 11) is 0. The van der Waals surface area contributed by atoms with Crippen LogP contribution < -0.4 is 5.32 Å². The van der Waals surface area contributed by atoms with Crippen molar-refractivity contribution >= 4 is 67.4 Å². The molecule has 1 aliphatic rings. The lowest BCUT2D eigenvalue weighted by molar-refractivity contribution is -0.127. The van der Waals surface area contributed by atoms with Crippen molar-refractivity contribution in [1.82, 2.24) is 9.47 Å². The zero-order valence-electron chi connectivity index (χ0n) is 18.8. The summed E-state index contributed by atoms with van der Waals surface area (Å²) in [4.78, 5) is 39.3. The second-order valence-corrected chi connectivity index (χ2v) is 10.00. The van der Waals surface area contributed by atoms with Gasteiger partial charge in [-0.3, -0.25) is 19.3 Å². The lowest BCUT2D eigenvalue weighted by atomic mass is 10.1. The molecule has 0 aliphatic carbocycles. The Morgan fingerprint density at radius 2 is 1.72 bits per heavy atom. The Kier molecular flexibility index (Phi) is 6.75. The van der Waals surface area contributed by atoms with Crippen molar-refractivity contribution in [2.45, 2.75) is 6.54 Å². The molecular formula is C27H19BrFN3O3S. The molecule has 4 aromatic rings. The number of halogens is 2. The van der Waals surface area contributed by atoms with Crippen LogP contribution in [0.1, 0.15) is 11.1 Å². The Morgan fingerprint density at radius 1 is 1.00 bits per heavy atom. The van der Waals surface area contributed by atoms with Crippen LogP contribution >= 0.6 is 27.7 Å². The van der Waals surface area contributed by atoms with Gasteiger partial charge in [0.2, 0.25) is 5.91 Å². The predicted octanol–water partition coefficient (Wildman–Crippen LogP) is 6.27. The number of imide groups is 1. The van der Waals surface area contributed by atoms with Crippen LogP contribution in [0.5, 0.6) is 0 Å². The van der Waals surface area contributed by atoms with E-state index in [1.165, 1.54) is 12.1 Å². The van der Waals surface area contributed by atoms with Gasteiger partial charge in [0, 0.05) is 33.7 Å². The summed E-state index contributed by atoms with van der Waals surface area (Å²) < 4.78 is 16.0. The van der Waals surface area contributed by atoms with Gasteiger partial charge in [0.15, 0.2) is 0 Å². The molecule has 6 nitrogen and oxygen atoms in total. The average molecular weight is 564 g/mol. The van der Waals surface area contributed by atoms with E-state index >= 15 is 0 Å². The first kappa shape index (κ1) is 24.0. The van der Waals surface area contributed by atoms with Gasteiger partial charge in [-0.1, -0.05) is 42.5 Å². The van der Waals surface area contributed by atoms with Gasteiger partial charge >= 0.3 is 0 Å². The maximum Gasteiger partial charge on any atom is 0.294 e. The number of para-hydroxylation sites is 2. The molecular weight excluding hydrogens is 545 g/mol. The molecule has 5 rings (SSSR count). The first-order valence-electron chi connectivity index (χ1n) is 11.0. The fourth-order valence-electron chi connectivity index (χ4n) is 3.98. The minimum absolute atomic E-state index is 0.248. The smallest absolute Gasteiger partial charge is 0.294 e. The third kappa shape index (κ3) is 4.98. The summed E-state index contributed by atoms with van der Waals surface area (Å²) in [6, 6.07) is 21.1. The molecule has 36 heavy (non-hydrogen) atoms. The lowest BCUT2D eigenvalue weighted by Crippen LogP contribution is -2.36. The molecule has 1 aromatic heterocycles. The standard InChI is InChI=1S/C27H19BrFN3O3S/c28-21-6-2-3-7-22(21)30-25(33)16-32-26(34)24(36-27(32)35)13-18-15-31(23-8-4-1-5-20(18)23)14-17-9-11-19(29)12-10-17/h1-13,15H,14,16H2,(H,30,33)/b24-13-. The molecule has 0 unspecified atom stereocenters. The van der Waals surface area contributed by atoms with Gasteiger partial charge in [0.25, 0.3) is 11.1 Å². The minimum atomic E-state index is -0.511. The summed E-state index contributed by atoms with van der Waals surface area (Å²) in [6.45, 7) is 0.140. The maximum absolute atomic E-state index is 13.3. The second-order valence-electron chi connectivity index (χ2n) is 8.15. The zero-order valence-corrected chi connectivity index (χ0v) is 21.2. The van der Waals surface area contributed by atoms with Gasteiger partial charge in [-0.25, -0.2) is 4.39 Å². The number of carbonyl (C=O) groups excluding carboxylic acids is 3. The van der Waals surface area contributed by atoms with Crippen LogP contribution in [-0.4, -0.2) is 33.1 Å². The van der Waals surface area contributed by atoms with Crippen LogP contribution in [0.15, 0.2) is 88.4 Å². The van der Waals surface area contributed by atoms with Gasteiger partial charge in [0.1, 0.15) is 12.4 Å². The number of carbonyl (C=O) groups is 3. The molecule has 0 atom stereocenters. The van der Waals surface area contributed by atoms with E-state index < -0.39 is 17.1 Å². The molecule has 1 N–H and O–H groups in total. The van der Waals surface area contributed by atoms with E-state index in [4.69, 9.17) is 0 Å². The number of aromatic nitrogens is 1. The first-order chi connectivity index (χ1) is 17.4. The molecule has 1 saturated heterocycles. The highest BCUT2D eigenvalue weighted by molar-refractivity contribution is 9.10. The van der Waals surface area contributed by atoms with Crippen molar-refractivity contribution in [2.75, 3.05) is 11.9 Å². The third-order valence-corrected chi connectivity index (χ3v) is 7.29. The Hall–Kier alpha value is -3.69. The van der Waals surface area contributed by atoms with E-state index in [0.717, 1.165) is 38.7 Å². The number of rotatable bonds is 6.